The molecule has 1 N–H and O–H groups in total. The fraction of sp³-hybridized carbons (Fsp3) is 0.400. The van der Waals surface area contributed by atoms with E-state index in [1.807, 2.05) is 24.4 Å². The number of halogens is 1. The molecule has 5 heteroatoms. The summed E-state index contributed by atoms with van der Waals surface area (Å²) in [6, 6.07) is 5.67. The molecule has 0 aliphatic heterocycles. The van der Waals surface area contributed by atoms with Crippen LogP contribution in [0.15, 0.2) is 24.4 Å². The van der Waals surface area contributed by atoms with Crippen molar-refractivity contribution in [1.82, 2.24) is 4.98 Å². The average Bonchev–Trinajstić information content (AvgIpc) is 2.86. The summed E-state index contributed by atoms with van der Waals surface area (Å²) >= 11 is 7.75. The van der Waals surface area contributed by atoms with Crippen LogP contribution >= 0.6 is 22.9 Å². The number of nitrogens with one attached hydrogen (secondary N) is 1. The van der Waals surface area contributed by atoms with Gasteiger partial charge in [0.25, 0.3) is 0 Å². The predicted octanol–water partition coefficient (Wildman–Crippen LogP) is 4.71. The van der Waals surface area contributed by atoms with Crippen LogP contribution < -0.4 is 10.1 Å². The Balaban J connectivity index is 2.04. The van der Waals surface area contributed by atoms with Gasteiger partial charge in [0.05, 0.1) is 23.7 Å². The van der Waals surface area contributed by atoms with Crippen molar-refractivity contribution < 1.29 is 4.74 Å². The van der Waals surface area contributed by atoms with Crippen LogP contribution in [0.5, 0.6) is 5.75 Å². The fourth-order valence-corrected chi connectivity index (χ4v) is 2.80. The van der Waals surface area contributed by atoms with Crippen LogP contribution in [-0.2, 0) is 12.0 Å². The highest BCUT2D eigenvalue weighted by atomic mass is 35.5. The maximum Gasteiger partial charge on any atom is 0.139 e. The van der Waals surface area contributed by atoms with Crippen LogP contribution in [0.4, 0.5) is 5.69 Å². The molecule has 0 radical (unpaired) electrons. The Hall–Kier alpha value is -1.26. The molecule has 1 aromatic heterocycles. The highest BCUT2D eigenvalue weighted by Gasteiger charge is 2.17. The van der Waals surface area contributed by atoms with Gasteiger partial charge in [0.15, 0.2) is 0 Å². The summed E-state index contributed by atoms with van der Waals surface area (Å²) in [6.45, 7) is 7.27. The third kappa shape index (κ3) is 3.64. The third-order valence-corrected chi connectivity index (χ3v) is 4.55. The SMILES string of the molecule is COc1cc(NCc2cnc(C(C)(C)C)s2)ccc1Cl. The number of nitrogens with zero attached hydrogens (tertiary/aromatic N) is 1. The van der Waals surface area contributed by atoms with Crippen molar-refractivity contribution in [2.45, 2.75) is 32.7 Å². The number of methoxy groups -OCH3 is 1. The maximum atomic E-state index is 6.01. The molecule has 0 atom stereocenters. The van der Waals surface area contributed by atoms with E-state index < -0.39 is 0 Å². The molecular weight excluding hydrogens is 292 g/mol. The molecule has 0 saturated heterocycles. The molecule has 2 aromatic rings. The summed E-state index contributed by atoms with van der Waals surface area (Å²) in [5.74, 6) is 0.677. The van der Waals surface area contributed by atoms with E-state index in [0.717, 1.165) is 17.2 Å². The molecule has 1 aromatic carbocycles. The monoisotopic (exact) mass is 310 g/mol. The summed E-state index contributed by atoms with van der Waals surface area (Å²) in [5.41, 5.74) is 1.09. The number of anilines is 1. The van der Waals surface area contributed by atoms with Crippen molar-refractivity contribution >= 4 is 28.6 Å². The molecule has 108 valence electrons. The number of thiazole rings is 1. The molecule has 2 rings (SSSR count). The van der Waals surface area contributed by atoms with Gasteiger partial charge in [-0.2, -0.15) is 0 Å². The van der Waals surface area contributed by atoms with E-state index in [-0.39, 0.29) is 5.41 Å². The van der Waals surface area contributed by atoms with Gasteiger partial charge in [0, 0.05) is 28.2 Å². The first-order valence-electron chi connectivity index (χ1n) is 6.43. The topological polar surface area (TPSA) is 34.1 Å². The molecule has 0 aliphatic rings. The molecule has 20 heavy (non-hydrogen) atoms. The molecular formula is C15H19ClN2OS. The number of rotatable bonds is 4. The Morgan fingerprint density at radius 1 is 1.35 bits per heavy atom. The second-order valence-electron chi connectivity index (χ2n) is 5.58. The second kappa shape index (κ2) is 6.02. The normalized spacial score (nSPS) is 11.4. The van der Waals surface area contributed by atoms with Gasteiger partial charge in [-0.15, -0.1) is 11.3 Å². The van der Waals surface area contributed by atoms with E-state index in [1.165, 1.54) is 4.88 Å². The zero-order chi connectivity index (χ0) is 14.8. The minimum atomic E-state index is 0.104. The third-order valence-electron chi connectivity index (χ3n) is 2.81. The van der Waals surface area contributed by atoms with Gasteiger partial charge >= 0.3 is 0 Å². The molecule has 0 aliphatic carbocycles. The Morgan fingerprint density at radius 2 is 2.10 bits per heavy atom. The van der Waals surface area contributed by atoms with Crippen LogP contribution in [0.25, 0.3) is 0 Å². The first-order valence-corrected chi connectivity index (χ1v) is 7.62. The van der Waals surface area contributed by atoms with Gasteiger partial charge in [0.2, 0.25) is 0 Å². The molecule has 0 fully saturated rings. The zero-order valence-electron chi connectivity index (χ0n) is 12.2. The van der Waals surface area contributed by atoms with Crippen LogP contribution in [0.1, 0.15) is 30.7 Å². The highest BCUT2D eigenvalue weighted by molar-refractivity contribution is 7.11. The largest absolute Gasteiger partial charge is 0.495 e. The van der Waals surface area contributed by atoms with Crippen molar-refractivity contribution in [2.24, 2.45) is 0 Å². The van der Waals surface area contributed by atoms with Gasteiger partial charge in [-0.25, -0.2) is 4.98 Å². The summed E-state index contributed by atoms with van der Waals surface area (Å²) in [5, 5.41) is 5.13. The maximum absolute atomic E-state index is 6.01. The lowest BCUT2D eigenvalue weighted by atomic mass is 9.98. The van der Waals surface area contributed by atoms with Crippen LogP contribution in [0.3, 0.4) is 0 Å². The molecule has 3 nitrogen and oxygen atoms in total. The smallest absolute Gasteiger partial charge is 0.139 e. The summed E-state index contributed by atoms with van der Waals surface area (Å²) in [6.07, 6.45) is 1.94. The van der Waals surface area contributed by atoms with E-state index >= 15 is 0 Å². The molecule has 1 heterocycles. The number of aromatic nitrogens is 1. The number of ether oxygens (including phenoxy) is 1. The Bertz CT molecular complexity index is 590. The van der Waals surface area contributed by atoms with Crippen molar-refractivity contribution in [3.8, 4) is 5.75 Å². The lowest BCUT2D eigenvalue weighted by molar-refractivity contribution is 0.415. The van der Waals surface area contributed by atoms with Gasteiger partial charge in [0.1, 0.15) is 5.75 Å². The lowest BCUT2D eigenvalue weighted by Gasteiger charge is -2.13. The van der Waals surface area contributed by atoms with Gasteiger partial charge in [-0.1, -0.05) is 32.4 Å². The van der Waals surface area contributed by atoms with E-state index in [0.29, 0.717) is 10.8 Å². The van der Waals surface area contributed by atoms with E-state index in [1.54, 1.807) is 18.4 Å². The Morgan fingerprint density at radius 3 is 2.70 bits per heavy atom. The Kier molecular flexibility index (Phi) is 4.55. The number of hydrogen-bond acceptors (Lipinski definition) is 4. The molecule has 0 unspecified atom stereocenters. The average molecular weight is 311 g/mol. The Labute approximate surface area is 129 Å². The lowest BCUT2D eigenvalue weighted by Crippen LogP contribution is -2.09. The number of hydrogen-bond donors (Lipinski definition) is 1. The highest BCUT2D eigenvalue weighted by Crippen LogP contribution is 2.29. The molecule has 0 amide bonds. The quantitative estimate of drug-likeness (QED) is 0.887. The second-order valence-corrected chi connectivity index (χ2v) is 7.11. The molecule has 0 spiro atoms. The van der Waals surface area contributed by atoms with Gasteiger partial charge in [-0.3, -0.25) is 0 Å². The van der Waals surface area contributed by atoms with Crippen molar-refractivity contribution in [1.29, 1.82) is 0 Å². The van der Waals surface area contributed by atoms with Gasteiger partial charge in [-0.05, 0) is 12.1 Å². The number of benzene rings is 1. The van der Waals surface area contributed by atoms with E-state index in [9.17, 15) is 0 Å². The molecule has 0 bridgehead atoms. The minimum Gasteiger partial charge on any atom is -0.495 e. The van der Waals surface area contributed by atoms with Gasteiger partial charge < -0.3 is 10.1 Å². The summed E-state index contributed by atoms with van der Waals surface area (Å²) in [7, 11) is 1.61. The van der Waals surface area contributed by atoms with Crippen LogP contribution in [0.2, 0.25) is 5.02 Å². The van der Waals surface area contributed by atoms with E-state index in [4.69, 9.17) is 16.3 Å². The molecule has 0 saturated carbocycles. The summed E-state index contributed by atoms with van der Waals surface area (Å²) < 4.78 is 5.20. The van der Waals surface area contributed by atoms with Crippen LogP contribution in [0, 0.1) is 0 Å². The summed E-state index contributed by atoms with van der Waals surface area (Å²) in [4.78, 5) is 5.69. The van der Waals surface area contributed by atoms with Crippen molar-refractivity contribution in [3.05, 3.63) is 39.3 Å². The fourth-order valence-electron chi connectivity index (χ4n) is 1.69. The van der Waals surface area contributed by atoms with Crippen molar-refractivity contribution in [2.75, 3.05) is 12.4 Å². The van der Waals surface area contributed by atoms with E-state index in [2.05, 4.69) is 31.1 Å². The first-order chi connectivity index (χ1) is 9.40. The minimum absolute atomic E-state index is 0.104. The van der Waals surface area contributed by atoms with Crippen molar-refractivity contribution in [3.63, 3.8) is 0 Å². The first kappa shape index (κ1) is 15.1. The zero-order valence-corrected chi connectivity index (χ0v) is 13.7. The predicted molar refractivity (Wildman–Crippen MR) is 86.1 cm³/mol. The van der Waals surface area contributed by atoms with Crippen LogP contribution in [-0.4, -0.2) is 12.1 Å². The standard InChI is InChI=1S/C15H19ClN2OS/c1-15(2,3)14-18-9-11(20-14)8-17-10-5-6-12(16)13(7-10)19-4/h5-7,9,17H,8H2,1-4H3.